The van der Waals surface area contributed by atoms with Gasteiger partial charge in [-0.3, -0.25) is 19.3 Å². The highest BCUT2D eigenvalue weighted by atomic mass is 28.4. The number of ketones is 1. The number of carbonyl (C=O) groups is 5. The second-order valence-electron chi connectivity index (χ2n) is 12.6. The number of fused-ring (bicyclic) bond motifs is 1. The van der Waals surface area contributed by atoms with E-state index >= 15 is 0 Å². The first-order valence-corrected chi connectivity index (χ1v) is 16.8. The molecule has 2 aromatic rings. The molecule has 15 heteroatoms. The highest BCUT2D eigenvalue weighted by Crippen LogP contribution is 2.44. The van der Waals surface area contributed by atoms with Gasteiger partial charge in [0.05, 0.1) is 23.6 Å². The number of imide groups is 1. The quantitative estimate of drug-likeness (QED) is 0.0659. The van der Waals surface area contributed by atoms with Crippen LogP contribution >= 0.6 is 0 Å². The predicted molar refractivity (Wildman–Crippen MR) is 148 cm³/mol. The third-order valence-electron chi connectivity index (χ3n) is 8.83. The smallest absolute Gasteiger partial charge is 0.395 e. The first-order valence-electron chi connectivity index (χ1n) is 13.9. The minimum absolute atomic E-state index is 0.0862. The molecule has 4 rings (SSSR count). The number of hydrogen-bond acceptors (Lipinski definition) is 7. The summed E-state index contributed by atoms with van der Waals surface area (Å²) >= 11 is 0. The Hall–Kier alpha value is -3.98. The molecule has 1 aliphatic heterocycles. The van der Waals surface area contributed by atoms with E-state index in [-0.39, 0.29) is 23.4 Å². The van der Waals surface area contributed by atoms with E-state index in [0.29, 0.717) is 10.5 Å². The summed E-state index contributed by atoms with van der Waals surface area (Å²) in [5.41, 5.74) is -0.133. The molecule has 0 aromatic heterocycles. The molecule has 0 radical (unpaired) electrons. The number of aliphatic carboxylic acids is 1. The zero-order chi connectivity index (χ0) is 33.9. The van der Waals surface area contributed by atoms with Crippen LogP contribution < -0.4 is 4.74 Å². The fraction of sp³-hybridized carbons (Fsp3) is 0.433. The number of carboxylic acids is 1. The molecular formula is C30H30F5NO8Si. The van der Waals surface area contributed by atoms with Crippen molar-refractivity contribution >= 4 is 37.9 Å². The van der Waals surface area contributed by atoms with Crippen molar-refractivity contribution in [2.24, 2.45) is 11.8 Å². The van der Waals surface area contributed by atoms with Gasteiger partial charge in [0.2, 0.25) is 40.7 Å². The van der Waals surface area contributed by atoms with Crippen LogP contribution in [-0.4, -0.2) is 60.0 Å². The molecule has 9 nitrogen and oxygen atoms in total. The summed E-state index contributed by atoms with van der Waals surface area (Å²) in [7, 11) is -2.47. The van der Waals surface area contributed by atoms with Crippen molar-refractivity contribution in [3.05, 3.63) is 64.0 Å². The maximum atomic E-state index is 14.1. The predicted octanol–water partition coefficient (Wildman–Crippen LogP) is 5.19. The molecule has 0 unspecified atom stereocenters. The molecule has 4 atom stereocenters. The topological polar surface area (TPSA) is 127 Å². The van der Waals surface area contributed by atoms with Crippen molar-refractivity contribution in [3.8, 4) is 5.75 Å². The summed E-state index contributed by atoms with van der Waals surface area (Å²) < 4.78 is 79.7. The Morgan fingerprint density at radius 1 is 0.978 bits per heavy atom. The van der Waals surface area contributed by atoms with Gasteiger partial charge >= 0.3 is 17.8 Å². The number of carbonyl (C=O) groups excluding carboxylic acids is 4. The third kappa shape index (κ3) is 5.78. The van der Waals surface area contributed by atoms with Gasteiger partial charge in [-0.1, -0.05) is 26.8 Å². The van der Waals surface area contributed by atoms with Crippen molar-refractivity contribution in [3.63, 3.8) is 0 Å². The Labute approximate surface area is 255 Å². The zero-order valence-electron chi connectivity index (χ0n) is 25.1. The number of rotatable bonds is 6. The van der Waals surface area contributed by atoms with Crippen LogP contribution in [0.3, 0.4) is 0 Å². The summed E-state index contributed by atoms with van der Waals surface area (Å²) in [6.45, 7) is 11.4. The van der Waals surface area contributed by atoms with Crippen LogP contribution in [0.15, 0.2) is 18.2 Å². The summed E-state index contributed by atoms with van der Waals surface area (Å²) in [5, 5.41) is 9.11. The normalized spacial score (nSPS) is 20.8. The average molecular weight is 656 g/mol. The minimum atomic E-state index is -2.47. The van der Waals surface area contributed by atoms with E-state index in [1.54, 1.807) is 6.92 Å². The van der Waals surface area contributed by atoms with Crippen molar-refractivity contribution < 1.29 is 60.2 Å². The Morgan fingerprint density at radius 2 is 1.53 bits per heavy atom. The third-order valence-corrected chi connectivity index (χ3v) is 13.4. The first kappa shape index (κ1) is 33.9. The largest absolute Gasteiger partial charge is 0.474 e. The second-order valence-corrected chi connectivity index (χ2v) is 17.3. The van der Waals surface area contributed by atoms with Gasteiger partial charge in [0.15, 0.2) is 14.1 Å². The lowest BCUT2D eigenvalue weighted by Gasteiger charge is -2.52. The lowest BCUT2D eigenvalue weighted by molar-refractivity contribution is -0.180. The van der Waals surface area contributed by atoms with Crippen LogP contribution in [0.1, 0.15) is 60.4 Å². The highest BCUT2D eigenvalue weighted by Gasteiger charge is 2.60. The fourth-order valence-electron chi connectivity index (χ4n) is 5.44. The molecule has 2 amide bonds. The molecule has 1 aliphatic carbocycles. The Kier molecular flexibility index (Phi) is 8.85. The number of carboxylic acid groups (broad SMARTS) is 1. The fourth-order valence-corrected chi connectivity index (χ4v) is 6.87. The van der Waals surface area contributed by atoms with E-state index in [1.165, 1.54) is 6.07 Å². The van der Waals surface area contributed by atoms with Crippen molar-refractivity contribution in [2.45, 2.75) is 70.8 Å². The number of esters is 1. The average Bonchev–Trinajstić information content (AvgIpc) is 2.95. The van der Waals surface area contributed by atoms with E-state index in [2.05, 4.69) is 4.74 Å². The van der Waals surface area contributed by atoms with Crippen LogP contribution in [0.5, 0.6) is 5.75 Å². The molecule has 1 saturated heterocycles. The lowest BCUT2D eigenvalue weighted by Crippen LogP contribution is -2.71. The maximum absolute atomic E-state index is 14.1. The van der Waals surface area contributed by atoms with Crippen LogP contribution in [0, 0.1) is 40.9 Å². The molecular weight excluding hydrogens is 625 g/mol. The summed E-state index contributed by atoms with van der Waals surface area (Å²) in [6.07, 6.45) is -0.494. The molecule has 2 aromatic carbocycles. The van der Waals surface area contributed by atoms with E-state index in [9.17, 15) is 51.0 Å². The molecule has 1 N–H and O–H groups in total. The van der Waals surface area contributed by atoms with Crippen molar-refractivity contribution in [1.29, 1.82) is 0 Å². The Balaban J connectivity index is 1.67. The zero-order valence-corrected chi connectivity index (χ0v) is 26.1. The Bertz CT molecular complexity index is 1610. The first-order chi connectivity index (χ1) is 20.7. The summed E-state index contributed by atoms with van der Waals surface area (Å²) in [5.74, 6) is -22.2. The number of hydrogen-bond donors (Lipinski definition) is 1. The van der Waals surface area contributed by atoms with Gasteiger partial charge in [-0.2, -0.15) is 8.78 Å². The standard InChI is InChI=1S/C30H30F5NO8Si/c1-12(44-45(5,6)30(2,3)4)17-23(36(26(17)38)27(39)28(40)41)15-10-9-13-7-8-14(11-16(13)24(15)37)29(42)43-25-21(34)19(32)18(31)20(33)22(25)35/h7-8,11-12,15,17,23H,9-10H2,1-6H3,(H,40,41)/t12-,15-,17-,23-/m1/s1. The van der Waals surface area contributed by atoms with E-state index < -0.39 is 102 Å². The van der Waals surface area contributed by atoms with Gasteiger partial charge in [0.25, 0.3) is 0 Å². The van der Waals surface area contributed by atoms with Crippen LogP contribution in [0.25, 0.3) is 0 Å². The lowest BCUT2D eigenvalue weighted by atomic mass is 9.68. The minimum Gasteiger partial charge on any atom is -0.474 e. The molecule has 1 heterocycles. The summed E-state index contributed by atoms with van der Waals surface area (Å²) in [4.78, 5) is 64.4. The molecule has 45 heavy (non-hydrogen) atoms. The van der Waals surface area contributed by atoms with Crippen molar-refractivity contribution in [2.75, 3.05) is 0 Å². The highest BCUT2D eigenvalue weighted by molar-refractivity contribution is 6.74. The number of Topliss-reactive ketones (excluding diaryl/α,β-unsaturated/α-hetero) is 1. The van der Waals surface area contributed by atoms with Gasteiger partial charge in [0, 0.05) is 11.5 Å². The SMILES string of the molecule is C[C@@H](O[Si](C)(C)C(C)(C)C)[C@H]1C(=O)N(C(=O)C(=O)O)[C@@H]1[C@H]1CCc2ccc(C(=O)Oc3c(F)c(F)c(F)c(F)c3F)cc2C1=O. The van der Waals surface area contributed by atoms with Gasteiger partial charge in [-0.25, -0.2) is 22.8 Å². The maximum Gasteiger partial charge on any atom is 0.395 e. The van der Waals surface area contributed by atoms with Crippen LogP contribution in [-0.2, 0) is 25.2 Å². The van der Waals surface area contributed by atoms with E-state index in [1.807, 2.05) is 33.9 Å². The number of β-lactam (4-membered cyclic amide) rings is 1. The number of nitrogens with zero attached hydrogens (tertiary/aromatic N) is 1. The number of halogens is 5. The van der Waals surface area contributed by atoms with E-state index in [4.69, 9.17) is 4.43 Å². The molecule has 0 bridgehead atoms. The number of amides is 2. The molecule has 242 valence electrons. The van der Waals surface area contributed by atoms with Gasteiger partial charge in [0.1, 0.15) is 0 Å². The number of ether oxygens (including phenoxy) is 1. The number of likely N-dealkylation sites (tertiary alicyclic amines) is 1. The van der Waals surface area contributed by atoms with E-state index in [0.717, 1.165) is 12.1 Å². The summed E-state index contributed by atoms with van der Waals surface area (Å²) in [6, 6.07) is 2.29. The monoisotopic (exact) mass is 655 g/mol. The number of benzene rings is 2. The van der Waals surface area contributed by atoms with Gasteiger partial charge in [-0.15, -0.1) is 0 Å². The molecule has 0 spiro atoms. The molecule has 2 aliphatic rings. The van der Waals surface area contributed by atoms with Crippen LogP contribution in [0.2, 0.25) is 18.1 Å². The van der Waals surface area contributed by atoms with Crippen LogP contribution in [0.4, 0.5) is 22.0 Å². The molecule has 0 saturated carbocycles. The Morgan fingerprint density at radius 3 is 2.07 bits per heavy atom. The molecule has 1 fully saturated rings. The van der Waals surface area contributed by atoms with Crippen molar-refractivity contribution in [1.82, 2.24) is 4.90 Å². The second kappa shape index (κ2) is 11.7. The van der Waals surface area contributed by atoms with Gasteiger partial charge in [-0.05, 0) is 55.6 Å². The number of aryl methyl sites for hydroxylation is 1. The van der Waals surface area contributed by atoms with Gasteiger partial charge < -0.3 is 14.3 Å².